The second-order valence-corrected chi connectivity index (χ2v) is 4.18. The van der Waals surface area contributed by atoms with Crippen molar-refractivity contribution in [3.8, 4) is 0 Å². The van der Waals surface area contributed by atoms with Crippen molar-refractivity contribution in [2.24, 2.45) is 0 Å². The fourth-order valence-electron chi connectivity index (χ4n) is 1.50. The molecule has 0 aromatic carbocycles. The number of hydrogen-bond donors (Lipinski definition) is 0. The number of hydrogen-bond acceptors (Lipinski definition) is 5. The van der Waals surface area contributed by atoms with Crippen molar-refractivity contribution >= 4 is 11.8 Å². The first kappa shape index (κ1) is 15.3. The van der Waals surface area contributed by atoms with Crippen molar-refractivity contribution < 1.29 is 19.1 Å². The van der Waals surface area contributed by atoms with Crippen LogP contribution in [0.5, 0.6) is 0 Å². The maximum Gasteiger partial charge on any atom is 0.313 e. The minimum Gasteiger partial charge on any atom is -0.463 e. The lowest BCUT2D eigenvalue weighted by Gasteiger charge is -2.05. The zero-order valence-electron chi connectivity index (χ0n) is 11.1. The molecule has 0 radical (unpaired) electrons. The molecule has 5 nitrogen and oxygen atoms in total. The molecular weight excluding hydrogens is 246 g/mol. The third-order valence-electron chi connectivity index (χ3n) is 2.36. The molecular formula is C14H19NO4. The molecule has 1 rings (SSSR count). The minimum atomic E-state index is -0.494. The van der Waals surface area contributed by atoms with Gasteiger partial charge in [-0.05, 0) is 31.4 Å². The van der Waals surface area contributed by atoms with E-state index in [9.17, 15) is 9.59 Å². The fourth-order valence-corrected chi connectivity index (χ4v) is 1.50. The second kappa shape index (κ2) is 9.22. The molecule has 104 valence electrons. The van der Waals surface area contributed by atoms with Crippen LogP contribution in [0.15, 0.2) is 24.5 Å². The van der Waals surface area contributed by atoms with E-state index in [1.165, 1.54) is 12.5 Å². The Kier molecular flexibility index (Phi) is 7.43. The summed E-state index contributed by atoms with van der Waals surface area (Å²) in [5, 5.41) is 0. The van der Waals surface area contributed by atoms with Crippen LogP contribution in [0, 0.1) is 0 Å². The molecule has 0 aliphatic carbocycles. The molecule has 1 heterocycles. The Morgan fingerprint density at radius 2 is 2.11 bits per heavy atom. The van der Waals surface area contributed by atoms with E-state index in [1.807, 2.05) is 18.3 Å². The molecule has 0 atom stereocenters. The van der Waals surface area contributed by atoms with Crippen LogP contribution >= 0.6 is 0 Å². The van der Waals surface area contributed by atoms with Gasteiger partial charge in [-0.15, -0.1) is 0 Å². The van der Waals surface area contributed by atoms with Crippen LogP contribution in [0.2, 0.25) is 0 Å². The van der Waals surface area contributed by atoms with Crippen molar-refractivity contribution in [2.45, 2.75) is 26.2 Å². The summed E-state index contributed by atoms with van der Waals surface area (Å²) in [6.45, 7) is 2.52. The number of aryl methyl sites for hydroxylation is 1. The summed E-state index contributed by atoms with van der Waals surface area (Å²) < 4.78 is 10.2. The first-order chi connectivity index (χ1) is 9.18. The Morgan fingerprint density at radius 1 is 1.26 bits per heavy atom. The molecule has 0 aliphatic heterocycles. The van der Waals surface area contributed by atoms with Crippen LogP contribution in [0.1, 0.15) is 25.3 Å². The third-order valence-corrected chi connectivity index (χ3v) is 2.36. The van der Waals surface area contributed by atoms with Gasteiger partial charge in [0.2, 0.25) is 0 Å². The van der Waals surface area contributed by atoms with Crippen LogP contribution in [0.4, 0.5) is 0 Å². The maximum atomic E-state index is 11.0. The van der Waals surface area contributed by atoms with Gasteiger partial charge in [0.05, 0.1) is 6.61 Å². The van der Waals surface area contributed by atoms with Gasteiger partial charge in [-0.3, -0.25) is 14.6 Å². The number of aromatic nitrogens is 1. The van der Waals surface area contributed by atoms with E-state index >= 15 is 0 Å². The quantitative estimate of drug-likeness (QED) is 0.385. The zero-order chi connectivity index (χ0) is 13.9. The molecule has 0 bridgehead atoms. The van der Waals surface area contributed by atoms with Crippen LogP contribution < -0.4 is 0 Å². The molecule has 0 saturated heterocycles. The van der Waals surface area contributed by atoms with Crippen LogP contribution in [0.25, 0.3) is 0 Å². The summed E-state index contributed by atoms with van der Waals surface area (Å²) in [7, 11) is 0. The molecule has 0 amide bonds. The van der Waals surface area contributed by atoms with E-state index in [2.05, 4.69) is 4.98 Å². The van der Waals surface area contributed by atoms with Crippen molar-refractivity contribution in [2.75, 3.05) is 19.8 Å². The Hall–Kier alpha value is -1.75. The summed E-state index contributed by atoms with van der Waals surface area (Å²) in [5.74, 6) is -0.686. The highest BCUT2D eigenvalue weighted by atomic mass is 16.6. The number of Topliss-reactive ketones (excluding diaryl/α,β-unsaturated/α-hetero) is 1. The van der Waals surface area contributed by atoms with Gasteiger partial charge in [0, 0.05) is 19.0 Å². The average molecular weight is 265 g/mol. The maximum absolute atomic E-state index is 11.0. The smallest absolute Gasteiger partial charge is 0.313 e. The van der Waals surface area contributed by atoms with E-state index in [0.717, 1.165) is 12.8 Å². The summed E-state index contributed by atoms with van der Waals surface area (Å²) in [5.41, 5.74) is 1.18. The Labute approximate surface area is 112 Å². The molecule has 0 fully saturated rings. The lowest BCUT2D eigenvalue weighted by Crippen LogP contribution is -2.13. The molecule has 5 heteroatoms. The van der Waals surface area contributed by atoms with Crippen LogP contribution in [0.3, 0.4) is 0 Å². The van der Waals surface area contributed by atoms with E-state index in [1.54, 1.807) is 6.20 Å². The van der Waals surface area contributed by atoms with Gasteiger partial charge in [-0.25, -0.2) is 0 Å². The monoisotopic (exact) mass is 265 g/mol. The zero-order valence-corrected chi connectivity index (χ0v) is 11.1. The van der Waals surface area contributed by atoms with Gasteiger partial charge in [0.25, 0.3) is 0 Å². The van der Waals surface area contributed by atoms with Crippen molar-refractivity contribution in [3.05, 3.63) is 30.1 Å². The van der Waals surface area contributed by atoms with E-state index in [4.69, 9.17) is 9.47 Å². The molecule has 1 aromatic heterocycles. The molecule has 0 aliphatic rings. The van der Waals surface area contributed by atoms with Gasteiger partial charge in [-0.1, -0.05) is 6.07 Å². The summed E-state index contributed by atoms with van der Waals surface area (Å²) in [4.78, 5) is 25.7. The Bertz CT molecular complexity index is 392. The summed E-state index contributed by atoms with van der Waals surface area (Å²) in [6.07, 6.45) is 5.23. The highest BCUT2D eigenvalue weighted by Gasteiger charge is 2.05. The predicted octanol–water partition coefficient (Wildman–Crippen LogP) is 1.55. The predicted molar refractivity (Wildman–Crippen MR) is 69.6 cm³/mol. The largest absolute Gasteiger partial charge is 0.463 e. The number of rotatable bonds is 9. The third kappa shape index (κ3) is 8.05. The van der Waals surface area contributed by atoms with Crippen LogP contribution in [-0.4, -0.2) is 36.6 Å². The molecule has 0 N–H and O–H groups in total. The topological polar surface area (TPSA) is 65.5 Å². The van der Waals surface area contributed by atoms with Gasteiger partial charge >= 0.3 is 5.97 Å². The fraction of sp³-hybridized carbons (Fsp3) is 0.500. The van der Waals surface area contributed by atoms with Crippen molar-refractivity contribution in [1.29, 1.82) is 0 Å². The molecule has 19 heavy (non-hydrogen) atoms. The molecule has 0 spiro atoms. The molecule has 1 aromatic rings. The number of ether oxygens (including phenoxy) is 2. The number of ketones is 1. The molecule has 0 unspecified atom stereocenters. The number of esters is 1. The lowest BCUT2D eigenvalue weighted by molar-refractivity contribution is -0.147. The average Bonchev–Trinajstić information content (AvgIpc) is 2.38. The van der Waals surface area contributed by atoms with E-state index in [0.29, 0.717) is 13.2 Å². The minimum absolute atomic E-state index is 0.166. The first-order valence-corrected chi connectivity index (χ1v) is 6.30. The highest BCUT2D eigenvalue weighted by Crippen LogP contribution is 2.00. The van der Waals surface area contributed by atoms with Crippen molar-refractivity contribution in [1.82, 2.24) is 4.98 Å². The summed E-state index contributed by atoms with van der Waals surface area (Å²) in [6, 6.07) is 3.93. The Balaban J connectivity index is 1.94. The number of carbonyl (C=O) groups is 2. The number of carbonyl (C=O) groups excluding carboxylic acids is 2. The van der Waals surface area contributed by atoms with E-state index in [-0.39, 0.29) is 18.8 Å². The van der Waals surface area contributed by atoms with Gasteiger partial charge in [0.1, 0.15) is 18.8 Å². The van der Waals surface area contributed by atoms with E-state index < -0.39 is 5.97 Å². The Morgan fingerprint density at radius 3 is 2.79 bits per heavy atom. The van der Waals surface area contributed by atoms with Crippen LogP contribution in [-0.2, 0) is 25.5 Å². The standard InChI is InChI=1S/C14H19NO4/c1-12(16)10-14(17)19-9-8-18-7-3-5-13-4-2-6-15-11-13/h2,4,6,11H,3,5,7-10H2,1H3. The van der Waals surface area contributed by atoms with Gasteiger partial charge in [-0.2, -0.15) is 0 Å². The second-order valence-electron chi connectivity index (χ2n) is 4.18. The van der Waals surface area contributed by atoms with Gasteiger partial charge < -0.3 is 9.47 Å². The summed E-state index contributed by atoms with van der Waals surface area (Å²) >= 11 is 0. The normalized spacial score (nSPS) is 10.2. The highest BCUT2D eigenvalue weighted by molar-refractivity contribution is 5.94. The number of nitrogens with zero attached hydrogens (tertiary/aromatic N) is 1. The first-order valence-electron chi connectivity index (χ1n) is 6.30. The SMILES string of the molecule is CC(=O)CC(=O)OCCOCCCc1cccnc1. The van der Waals surface area contributed by atoms with Crippen molar-refractivity contribution in [3.63, 3.8) is 0 Å². The lowest BCUT2D eigenvalue weighted by atomic mass is 10.2. The van der Waals surface area contributed by atoms with Gasteiger partial charge in [0.15, 0.2) is 0 Å². The number of pyridine rings is 1. The molecule has 0 saturated carbocycles.